The van der Waals surface area contributed by atoms with Crippen LogP contribution < -0.4 is 20.5 Å². The second-order valence-electron chi connectivity index (χ2n) is 4.14. The number of H-pyrrole nitrogens is 1. The number of nitrogens with one attached hydrogen (secondary N) is 1. The summed E-state index contributed by atoms with van der Waals surface area (Å²) in [5.41, 5.74) is 6.32. The standard InChI is InChI=1S/C11H15N3S.C2H2O4/c1-14-10-6-3-2-5-9(10)13-11(14)15-8-4-7-12;3-1(4)2(5)6/h2-3,5-6H,4,7-8,12H2,1H3;(H,3,4)(H,5,6). The fraction of sp³-hybridized carbons (Fsp3) is 0.308. The molecular formula is C13H17N3O4S. The number of aromatic amines is 1. The molecule has 0 unspecified atom stereocenters. The van der Waals surface area contributed by atoms with Gasteiger partial charge in [-0.05, 0) is 23.9 Å². The van der Waals surface area contributed by atoms with E-state index in [1.165, 1.54) is 22.6 Å². The van der Waals surface area contributed by atoms with Crippen LogP contribution in [-0.4, -0.2) is 29.2 Å². The molecule has 1 aromatic carbocycles. The first-order valence-corrected chi connectivity index (χ1v) is 7.27. The number of hydrogen-bond acceptors (Lipinski definition) is 5. The number of carboxylic acids is 2. The predicted molar refractivity (Wildman–Crippen MR) is 72.6 cm³/mol. The number of para-hydroxylation sites is 2. The van der Waals surface area contributed by atoms with Crippen molar-refractivity contribution in [1.29, 1.82) is 0 Å². The lowest BCUT2D eigenvalue weighted by Gasteiger charge is -1.97. The number of hydrogen-bond donors (Lipinski definition) is 2. The molecule has 0 aliphatic rings. The van der Waals surface area contributed by atoms with Crippen LogP contribution in [0.1, 0.15) is 6.42 Å². The summed E-state index contributed by atoms with van der Waals surface area (Å²) in [5, 5.41) is 19.1. The fourth-order valence-electron chi connectivity index (χ4n) is 1.58. The van der Waals surface area contributed by atoms with Gasteiger partial charge < -0.3 is 25.5 Å². The van der Waals surface area contributed by atoms with Crippen molar-refractivity contribution in [3.63, 3.8) is 0 Å². The molecule has 0 bridgehead atoms. The maximum Gasteiger partial charge on any atom is 0.316 e. The van der Waals surface area contributed by atoms with Gasteiger partial charge >= 0.3 is 5.16 Å². The van der Waals surface area contributed by atoms with Gasteiger partial charge in [0.25, 0.3) is 0 Å². The lowest BCUT2D eigenvalue weighted by molar-refractivity contribution is -0.683. The summed E-state index contributed by atoms with van der Waals surface area (Å²) in [6, 6.07) is 8.38. The molecule has 1 aromatic heterocycles. The monoisotopic (exact) mass is 311 g/mol. The van der Waals surface area contributed by atoms with Crippen molar-refractivity contribution in [2.75, 3.05) is 12.3 Å². The van der Waals surface area contributed by atoms with Crippen LogP contribution >= 0.6 is 11.8 Å². The number of quaternary nitrogens is 1. The number of imidazole rings is 1. The zero-order chi connectivity index (χ0) is 15.8. The number of rotatable bonds is 4. The van der Waals surface area contributed by atoms with Crippen molar-refractivity contribution in [3.05, 3.63) is 24.3 Å². The lowest BCUT2D eigenvalue weighted by atomic mass is 10.3. The van der Waals surface area contributed by atoms with E-state index in [2.05, 4.69) is 46.6 Å². The number of aliphatic carboxylic acids is 2. The number of nitrogens with zero attached hydrogens (tertiary/aromatic N) is 1. The molecule has 0 fully saturated rings. The molecule has 7 nitrogen and oxygen atoms in total. The Kier molecular flexibility index (Phi) is 6.70. The van der Waals surface area contributed by atoms with Gasteiger partial charge in [-0.2, -0.15) is 0 Å². The lowest BCUT2D eigenvalue weighted by Crippen LogP contribution is -2.50. The molecule has 4 N–H and O–H groups in total. The van der Waals surface area contributed by atoms with E-state index < -0.39 is 11.9 Å². The van der Waals surface area contributed by atoms with Crippen LogP contribution in [0.15, 0.2) is 29.4 Å². The number of carbonyl (C=O) groups is 2. The predicted octanol–water partition coefficient (Wildman–Crippen LogP) is -2.80. The van der Waals surface area contributed by atoms with E-state index in [9.17, 15) is 0 Å². The maximum atomic E-state index is 8.93. The SMILES string of the molecule is C[n+]1c(SCCC[NH3+])[nH]c2ccccc21.O=C([O-])C(=O)[O-]. The molecule has 0 saturated carbocycles. The van der Waals surface area contributed by atoms with Crippen LogP contribution in [0.25, 0.3) is 11.0 Å². The second kappa shape index (κ2) is 8.28. The molecule has 0 spiro atoms. The minimum atomic E-state index is -2.19. The summed E-state index contributed by atoms with van der Waals surface area (Å²) < 4.78 is 2.21. The molecule has 0 aliphatic carbocycles. The minimum absolute atomic E-state index is 1.01. The van der Waals surface area contributed by atoms with Gasteiger partial charge in [-0.15, -0.1) is 0 Å². The van der Waals surface area contributed by atoms with Crippen molar-refractivity contribution in [3.8, 4) is 0 Å². The Morgan fingerprint density at radius 1 is 1.29 bits per heavy atom. The van der Waals surface area contributed by atoms with Crippen LogP contribution in [0.2, 0.25) is 0 Å². The van der Waals surface area contributed by atoms with Crippen LogP contribution in [-0.2, 0) is 16.6 Å². The van der Waals surface area contributed by atoms with E-state index in [1.807, 2.05) is 11.8 Å². The van der Waals surface area contributed by atoms with Gasteiger partial charge in [0.05, 0.1) is 25.5 Å². The molecule has 8 heteroatoms. The quantitative estimate of drug-likeness (QED) is 0.273. The van der Waals surface area contributed by atoms with Gasteiger partial charge in [0.15, 0.2) is 11.0 Å². The van der Waals surface area contributed by atoms with Crippen molar-refractivity contribution < 1.29 is 30.1 Å². The van der Waals surface area contributed by atoms with Gasteiger partial charge in [-0.3, -0.25) is 0 Å². The Bertz CT molecular complexity index is 615. The Morgan fingerprint density at radius 2 is 1.90 bits per heavy atom. The molecule has 21 heavy (non-hydrogen) atoms. The molecule has 0 saturated heterocycles. The Hall–Kier alpha value is -2.06. The van der Waals surface area contributed by atoms with E-state index in [0.717, 1.165) is 12.3 Å². The number of aryl methyl sites for hydroxylation is 1. The van der Waals surface area contributed by atoms with Gasteiger partial charge in [0, 0.05) is 12.2 Å². The summed E-state index contributed by atoms with van der Waals surface area (Å²) >= 11 is 1.86. The second-order valence-corrected chi connectivity index (χ2v) is 5.22. The molecule has 2 aromatic rings. The Labute approximate surface area is 125 Å². The van der Waals surface area contributed by atoms with Gasteiger partial charge in [0.2, 0.25) is 0 Å². The topological polar surface area (TPSA) is 128 Å². The number of carboxylic acid groups (broad SMARTS) is 2. The summed E-state index contributed by atoms with van der Waals surface area (Å²) in [7, 11) is 2.10. The molecule has 2 rings (SSSR count). The molecule has 114 valence electrons. The largest absolute Gasteiger partial charge is 0.543 e. The summed E-state index contributed by atoms with van der Waals surface area (Å²) in [5.74, 6) is -3.24. The van der Waals surface area contributed by atoms with Crippen LogP contribution in [0.5, 0.6) is 0 Å². The zero-order valence-electron chi connectivity index (χ0n) is 11.6. The van der Waals surface area contributed by atoms with E-state index in [-0.39, 0.29) is 0 Å². The minimum Gasteiger partial charge on any atom is -0.543 e. The molecule has 0 atom stereocenters. The van der Waals surface area contributed by atoms with E-state index in [4.69, 9.17) is 19.8 Å². The van der Waals surface area contributed by atoms with Gasteiger partial charge in [-0.1, -0.05) is 12.1 Å². The normalized spacial score (nSPS) is 10.0. The maximum absolute atomic E-state index is 8.93. The van der Waals surface area contributed by atoms with E-state index >= 15 is 0 Å². The third kappa shape index (κ3) is 5.09. The number of carbonyl (C=O) groups excluding carboxylic acids is 2. The third-order valence-electron chi connectivity index (χ3n) is 2.61. The number of benzene rings is 1. The van der Waals surface area contributed by atoms with Gasteiger partial charge in [-0.25, -0.2) is 9.55 Å². The zero-order valence-corrected chi connectivity index (χ0v) is 12.4. The van der Waals surface area contributed by atoms with Crippen molar-refractivity contribution in [1.82, 2.24) is 4.98 Å². The summed E-state index contributed by atoms with van der Waals surface area (Å²) in [6.07, 6.45) is 1.17. The summed E-state index contributed by atoms with van der Waals surface area (Å²) in [4.78, 5) is 21.3. The number of aromatic nitrogens is 2. The van der Waals surface area contributed by atoms with Crippen molar-refractivity contribution in [2.24, 2.45) is 7.05 Å². The van der Waals surface area contributed by atoms with Gasteiger partial charge in [0.1, 0.15) is 0 Å². The van der Waals surface area contributed by atoms with Crippen molar-refractivity contribution in [2.45, 2.75) is 11.6 Å². The average Bonchev–Trinajstić information content (AvgIpc) is 2.77. The molecule has 0 amide bonds. The van der Waals surface area contributed by atoms with Crippen molar-refractivity contribution >= 4 is 34.7 Å². The molecule has 0 aliphatic heterocycles. The molecule has 1 heterocycles. The first-order chi connectivity index (χ1) is 9.97. The third-order valence-corrected chi connectivity index (χ3v) is 3.75. The smallest absolute Gasteiger partial charge is 0.316 e. The first-order valence-electron chi connectivity index (χ1n) is 6.28. The molecule has 0 radical (unpaired) electrons. The fourth-order valence-corrected chi connectivity index (χ4v) is 2.60. The highest BCUT2D eigenvalue weighted by molar-refractivity contribution is 7.99. The number of fused-ring (bicyclic) bond motifs is 1. The van der Waals surface area contributed by atoms with Crippen LogP contribution in [0, 0.1) is 0 Å². The summed E-state index contributed by atoms with van der Waals surface area (Å²) in [6.45, 7) is 1.01. The highest BCUT2D eigenvalue weighted by Crippen LogP contribution is 2.17. The van der Waals surface area contributed by atoms with Crippen LogP contribution in [0.3, 0.4) is 0 Å². The Balaban J connectivity index is 0.000000315. The molecular weight excluding hydrogens is 294 g/mol. The number of thioether (sulfide) groups is 1. The first kappa shape index (κ1) is 17.0. The Morgan fingerprint density at radius 3 is 2.43 bits per heavy atom. The van der Waals surface area contributed by atoms with E-state index in [0.29, 0.717) is 0 Å². The van der Waals surface area contributed by atoms with E-state index in [1.54, 1.807) is 0 Å². The highest BCUT2D eigenvalue weighted by atomic mass is 32.2. The van der Waals surface area contributed by atoms with Crippen LogP contribution in [0.4, 0.5) is 0 Å². The average molecular weight is 311 g/mol. The highest BCUT2D eigenvalue weighted by Gasteiger charge is 2.14.